The SMILES string of the molecule is CCC1(c2nc(CSC(C)(C)C)no2)CCNCC1. The zero-order chi connectivity index (χ0) is 13.9. The van der Waals surface area contributed by atoms with E-state index >= 15 is 0 Å². The van der Waals surface area contributed by atoms with Gasteiger partial charge in [-0.05, 0) is 32.4 Å². The number of hydrogen-bond acceptors (Lipinski definition) is 5. The standard InChI is InChI=1S/C14H25N3OS/c1-5-14(6-8-15-9-7-14)12-16-11(17-18-12)10-19-13(2,3)4/h15H,5-10H2,1-4H3. The lowest BCUT2D eigenvalue weighted by Gasteiger charge is -2.33. The number of nitrogens with one attached hydrogen (secondary N) is 1. The van der Waals surface area contributed by atoms with E-state index in [-0.39, 0.29) is 10.2 Å². The normalized spacial score (nSPS) is 19.6. The van der Waals surface area contributed by atoms with E-state index < -0.39 is 0 Å². The molecule has 0 amide bonds. The zero-order valence-corrected chi connectivity index (χ0v) is 13.3. The molecule has 0 unspecified atom stereocenters. The van der Waals surface area contributed by atoms with Crippen LogP contribution in [0.4, 0.5) is 0 Å². The first-order chi connectivity index (χ1) is 8.95. The third-order valence-electron chi connectivity index (χ3n) is 3.79. The van der Waals surface area contributed by atoms with E-state index in [1.165, 1.54) is 0 Å². The van der Waals surface area contributed by atoms with Crippen molar-refractivity contribution in [2.45, 2.75) is 62.9 Å². The van der Waals surface area contributed by atoms with Crippen LogP contribution in [0.2, 0.25) is 0 Å². The van der Waals surface area contributed by atoms with Crippen molar-refractivity contribution < 1.29 is 4.52 Å². The lowest BCUT2D eigenvalue weighted by Crippen LogP contribution is -2.39. The van der Waals surface area contributed by atoms with Gasteiger partial charge >= 0.3 is 0 Å². The Bertz CT molecular complexity index is 405. The van der Waals surface area contributed by atoms with E-state index in [0.717, 1.165) is 49.8 Å². The molecular formula is C14H25N3OS. The third kappa shape index (κ3) is 3.72. The molecule has 0 aromatic carbocycles. The Labute approximate surface area is 120 Å². The zero-order valence-electron chi connectivity index (χ0n) is 12.5. The molecule has 0 saturated carbocycles. The minimum Gasteiger partial charge on any atom is -0.339 e. The van der Waals surface area contributed by atoms with Gasteiger partial charge in [-0.1, -0.05) is 32.9 Å². The summed E-state index contributed by atoms with van der Waals surface area (Å²) in [4.78, 5) is 4.65. The van der Waals surface area contributed by atoms with E-state index in [4.69, 9.17) is 4.52 Å². The van der Waals surface area contributed by atoms with Crippen molar-refractivity contribution in [3.8, 4) is 0 Å². The Morgan fingerprint density at radius 1 is 1.32 bits per heavy atom. The Morgan fingerprint density at radius 2 is 2.00 bits per heavy atom. The largest absolute Gasteiger partial charge is 0.339 e. The van der Waals surface area contributed by atoms with Crippen molar-refractivity contribution in [2.24, 2.45) is 0 Å². The van der Waals surface area contributed by atoms with Crippen LogP contribution in [0, 0.1) is 0 Å². The molecule has 1 fully saturated rings. The maximum atomic E-state index is 5.56. The van der Waals surface area contributed by atoms with Crippen LogP contribution in [-0.2, 0) is 11.2 Å². The molecule has 1 aromatic rings. The first-order valence-corrected chi connectivity index (χ1v) is 8.11. The predicted molar refractivity (Wildman–Crippen MR) is 79.4 cm³/mol. The molecule has 19 heavy (non-hydrogen) atoms. The van der Waals surface area contributed by atoms with Crippen LogP contribution in [0.25, 0.3) is 0 Å². The van der Waals surface area contributed by atoms with Gasteiger partial charge in [-0.15, -0.1) is 11.8 Å². The molecule has 1 aliphatic heterocycles. The van der Waals surface area contributed by atoms with Crippen molar-refractivity contribution in [1.29, 1.82) is 0 Å². The number of nitrogens with zero attached hydrogens (tertiary/aromatic N) is 2. The van der Waals surface area contributed by atoms with Gasteiger partial charge in [0, 0.05) is 4.75 Å². The van der Waals surface area contributed by atoms with Crippen molar-refractivity contribution in [1.82, 2.24) is 15.5 Å². The second-order valence-electron chi connectivity index (χ2n) is 6.30. The number of thioether (sulfide) groups is 1. The molecular weight excluding hydrogens is 258 g/mol. The first-order valence-electron chi connectivity index (χ1n) is 7.13. The Balaban J connectivity index is 2.06. The van der Waals surface area contributed by atoms with Gasteiger partial charge in [0.25, 0.3) is 0 Å². The van der Waals surface area contributed by atoms with Crippen molar-refractivity contribution in [2.75, 3.05) is 13.1 Å². The average molecular weight is 283 g/mol. The maximum absolute atomic E-state index is 5.56. The van der Waals surface area contributed by atoms with Crippen LogP contribution in [0.1, 0.15) is 58.7 Å². The van der Waals surface area contributed by atoms with E-state index in [1.54, 1.807) is 0 Å². The summed E-state index contributed by atoms with van der Waals surface area (Å²) in [5.41, 5.74) is 0.100. The highest BCUT2D eigenvalue weighted by Gasteiger charge is 2.37. The van der Waals surface area contributed by atoms with Crippen LogP contribution >= 0.6 is 11.8 Å². The van der Waals surface area contributed by atoms with Gasteiger partial charge in [-0.25, -0.2) is 0 Å². The maximum Gasteiger partial charge on any atom is 0.232 e. The summed E-state index contributed by atoms with van der Waals surface area (Å²) in [6.45, 7) is 10.9. The molecule has 1 N–H and O–H groups in total. The molecule has 2 rings (SSSR count). The predicted octanol–water partition coefficient (Wildman–Crippen LogP) is 3.13. The fraction of sp³-hybridized carbons (Fsp3) is 0.857. The van der Waals surface area contributed by atoms with Gasteiger partial charge in [0.15, 0.2) is 5.82 Å². The van der Waals surface area contributed by atoms with Crippen molar-refractivity contribution in [3.05, 3.63) is 11.7 Å². The summed E-state index contributed by atoms with van der Waals surface area (Å²) < 4.78 is 5.80. The van der Waals surface area contributed by atoms with Crippen LogP contribution in [0.3, 0.4) is 0 Å². The summed E-state index contributed by atoms with van der Waals surface area (Å²) >= 11 is 1.86. The Kier molecular flexibility index (Phi) is 4.56. The minimum absolute atomic E-state index is 0.100. The molecule has 2 heterocycles. The lowest BCUT2D eigenvalue weighted by molar-refractivity contribution is 0.216. The lowest BCUT2D eigenvalue weighted by atomic mass is 9.76. The molecule has 5 heteroatoms. The van der Waals surface area contributed by atoms with Gasteiger partial charge in [-0.3, -0.25) is 0 Å². The molecule has 0 radical (unpaired) electrons. The van der Waals surface area contributed by atoms with E-state index in [2.05, 4.69) is 43.2 Å². The van der Waals surface area contributed by atoms with Crippen LogP contribution < -0.4 is 5.32 Å². The molecule has 0 aliphatic carbocycles. The first kappa shape index (κ1) is 14.9. The minimum atomic E-state index is 0.100. The van der Waals surface area contributed by atoms with Gasteiger partial charge in [-0.2, -0.15) is 4.98 Å². The molecule has 0 bridgehead atoms. The van der Waals surface area contributed by atoms with Crippen LogP contribution in [0.15, 0.2) is 4.52 Å². The van der Waals surface area contributed by atoms with E-state index in [9.17, 15) is 0 Å². The summed E-state index contributed by atoms with van der Waals surface area (Å²) in [6.07, 6.45) is 3.26. The number of hydrogen-bond donors (Lipinski definition) is 1. The smallest absolute Gasteiger partial charge is 0.232 e. The van der Waals surface area contributed by atoms with Crippen molar-refractivity contribution in [3.63, 3.8) is 0 Å². The summed E-state index contributed by atoms with van der Waals surface area (Å²) in [5, 5.41) is 7.56. The highest BCUT2D eigenvalue weighted by atomic mass is 32.2. The third-order valence-corrected chi connectivity index (χ3v) is 5.06. The van der Waals surface area contributed by atoms with Crippen LogP contribution in [0.5, 0.6) is 0 Å². The molecule has 0 spiro atoms. The molecule has 108 valence electrons. The molecule has 1 saturated heterocycles. The number of aromatic nitrogens is 2. The molecule has 1 aromatic heterocycles. The monoisotopic (exact) mass is 283 g/mol. The topological polar surface area (TPSA) is 51.0 Å². The van der Waals surface area contributed by atoms with Gasteiger partial charge in [0.1, 0.15) is 0 Å². The molecule has 1 aliphatic rings. The highest BCUT2D eigenvalue weighted by Crippen LogP contribution is 2.36. The second kappa shape index (κ2) is 5.83. The highest BCUT2D eigenvalue weighted by molar-refractivity contribution is 7.99. The fourth-order valence-corrected chi connectivity index (χ4v) is 3.11. The molecule has 0 atom stereocenters. The van der Waals surface area contributed by atoms with Crippen molar-refractivity contribution >= 4 is 11.8 Å². The fourth-order valence-electron chi connectivity index (χ4n) is 2.43. The van der Waals surface area contributed by atoms with Gasteiger partial charge in [0.2, 0.25) is 5.89 Å². The summed E-state index contributed by atoms with van der Waals surface area (Å²) in [5.74, 6) is 2.51. The van der Waals surface area contributed by atoms with Crippen LogP contribution in [-0.4, -0.2) is 28.0 Å². The average Bonchev–Trinajstić information content (AvgIpc) is 2.86. The van der Waals surface area contributed by atoms with E-state index in [0.29, 0.717) is 0 Å². The van der Waals surface area contributed by atoms with Gasteiger partial charge in [0.05, 0.1) is 11.2 Å². The van der Waals surface area contributed by atoms with Gasteiger partial charge < -0.3 is 9.84 Å². The summed E-state index contributed by atoms with van der Waals surface area (Å²) in [6, 6.07) is 0. The Hall–Kier alpha value is -0.550. The Morgan fingerprint density at radius 3 is 2.58 bits per heavy atom. The molecule has 4 nitrogen and oxygen atoms in total. The number of rotatable bonds is 4. The number of piperidine rings is 1. The van der Waals surface area contributed by atoms with E-state index in [1.807, 2.05) is 11.8 Å². The quantitative estimate of drug-likeness (QED) is 0.920. The summed E-state index contributed by atoms with van der Waals surface area (Å²) in [7, 11) is 0. The second-order valence-corrected chi connectivity index (χ2v) is 8.10.